The number of pyridine rings is 1. The lowest BCUT2D eigenvalue weighted by Crippen LogP contribution is -2.43. The molecule has 2 aromatic carbocycles. The maximum atomic E-state index is 13.0. The Balaban J connectivity index is 1.47. The molecule has 1 aliphatic heterocycles. The van der Waals surface area contributed by atoms with Crippen LogP contribution >= 0.6 is 0 Å². The minimum atomic E-state index is -0.372. The van der Waals surface area contributed by atoms with Gasteiger partial charge in [0.25, 0.3) is 0 Å². The first-order valence-electron chi connectivity index (χ1n) is 11.1. The first-order valence-corrected chi connectivity index (χ1v) is 11.1. The van der Waals surface area contributed by atoms with Gasteiger partial charge in [-0.2, -0.15) is 0 Å². The predicted octanol–water partition coefficient (Wildman–Crippen LogP) is 4.53. The van der Waals surface area contributed by atoms with Gasteiger partial charge in [0.15, 0.2) is 0 Å². The smallest absolute Gasteiger partial charge is 0.227 e. The molecular weight excluding hydrogens is 382 g/mol. The number of nitrogens with one attached hydrogen (secondary N) is 1. The molecule has 0 saturated carbocycles. The van der Waals surface area contributed by atoms with E-state index in [2.05, 4.69) is 76.7 Å². The Morgan fingerprint density at radius 3 is 2.39 bits per heavy atom. The van der Waals surface area contributed by atoms with Crippen LogP contribution in [0.3, 0.4) is 0 Å². The van der Waals surface area contributed by atoms with E-state index in [9.17, 15) is 4.79 Å². The van der Waals surface area contributed by atoms with Gasteiger partial charge in [0.05, 0.1) is 5.41 Å². The van der Waals surface area contributed by atoms with Crippen molar-refractivity contribution < 1.29 is 4.79 Å². The van der Waals surface area contributed by atoms with Crippen molar-refractivity contribution in [2.24, 2.45) is 5.41 Å². The average molecular weight is 414 g/mol. The second-order valence-electron chi connectivity index (χ2n) is 8.77. The van der Waals surface area contributed by atoms with E-state index in [4.69, 9.17) is 0 Å². The zero-order chi connectivity index (χ0) is 21.7. The molecule has 0 spiro atoms. The molecule has 1 amide bonds. The molecule has 0 bridgehead atoms. The molecule has 0 radical (unpaired) electrons. The molecule has 1 fully saturated rings. The summed E-state index contributed by atoms with van der Waals surface area (Å²) in [6.07, 6.45) is 5.28. The lowest BCUT2D eigenvalue weighted by Gasteiger charge is -2.29. The molecular formula is C27H31N3O. The molecule has 1 aliphatic rings. The largest absolute Gasteiger partial charge is 0.359 e. The Bertz CT molecular complexity index is 988. The van der Waals surface area contributed by atoms with Gasteiger partial charge in [-0.3, -0.25) is 9.78 Å². The van der Waals surface area contributed by atoms with Gasteiger partial charge in [-0.05, 0) is 59.7 Å². The number of benzene rings is 2. The van der Waals surface area contributed by atoms with Crippen molar-refractivity contribution in [3.63, 3.8) is 0 Å². The van der Waals surface area contributed by atoms with Gasteiger partial charge in [0, 0.05) is 32.5 Å². The fourth-order valence-corrected chi connectivity index (χ4v) is 4.81. The third-order valence-electron chi connectivity index (χ3n) is 6.55. The van der Waals surface area contributed by atoms with E-state index in [0.29, 0.717) is 5.92 Å². The number of rotatable bonds is 7. The van der Waals surface area contributed by atoms with Crippen molar-refractivity contribution in [1.82, 2.24) is 15.2 Å². The zero-order valence-electron chi connectivity index (χ0n) is 18.4. The summed E-state index contributed by atoms with van der Waals surface area (Å²) in [5, 5.41) is 2.94. The van der Waals surface area contributed by atoms with Gasteiger partial charge in [-0.15, -0.1) is 0 Å². The van der Waals surface area contributed by atoms with Gasteiger partial charge in [-0.25, -0.2) is 0 Å². The second-order valence-corrected chi connectivity index (χ2v) is 8.77. The van der Waals surface area contributed by atoms with Crippen LogP contribution in [0.2, 0.25) is 0 Å². The van der Waals surface area contributed by atoms with Crippen molar-refractivity contribution in [3.8, 4) is 11.1 Å². The first kappa shape index (κ1) is 21.3. The molecule has 31 heavy (non-hydrogen) atoms. The van der Waals surface area contributed by atoms with Crippen molar-refractivity contribution in [2.45, 2.75) is 25.7 Å². The van der Waals surface area contributed by atoms with E-state index in [-0.39, 0.29) is 11.3 Å². The topological polar surface area (TPSA) is 45.2 Å². The van der Waals surface area contributed by atoms with E-state index < -0.39 is 0 Å². The maximum absolute atomic E-state index is 13.0. The molecule has 0 aliphatic carbocycles. The molecule has 4 nitrogen and oxygen atoms in total. The highest BCUT2D eigenvalue weighted by Crippen LogP contribution is 2.36. The lowest BCUT2D eigenvalue weighted by atomic mass is 9.79. The van der Waals surface area contributed by atoms with Gasteiger partial charge < -0.3 is 10.2 Å². The molecule has 1 aromatic heterocycles. The lowest BCUT2D eigenvalue weighted by molar-refractivity contribution is -0.130. The van der Waals surface area contributed by atoms with Crippen LogP contribution in [0.25, 0.3) is 11.1 Å². The number of amides is 1. The highest BCUT2D eigenvalue weighted by molar-refractivity contribution is 5.83. The first-order chi connectivity index (χ1) is 15.1. The maximum Gasteiger partial charge on any atom is 0.227 e. The van der Waals surface area contributed by atoms with E-state index in [1.54, 1.807) is 7.05 Å². The van der Waals surface area contributed by atoms with Gasteiger partial charge in [0.2, 0.25) is 5.91 Å². The van der Waals surface area contributed by atoms with Crippen LogP contribution in [0.1, 0.15) is 30.4 Å². The minimum absolute atomic E-state index is 0.153. The number of carbonyl (C=O) groups is 1. The van der Waals surface area contributed by atoms with Crippen LogP contribution < -0.4 is 5.32 Å². The second kappa shape index (κ2) is 9.44. The van der Waals surface area contributed by atoms with Crippen molar-refractivity contribution in [2.75, 3.05) is 26.7 Å². The summed E-state index contributed by atoms with van der Waals surface area (Å²) >= 11 is 0. The summed E-state index contributed by atoms with van der Waals surface area (Å²) in [6.45, 7) is 5.01. The fraction of sp³-hybridized carbons (Fsp3) is 0.333. The highest BCUT2D eigenvalue weighted by Gasteiger charge is 2.44. The van der Waals surface area contributed by atoms with Gasteiger partial charge in [0.1, 0.15) is 0 Å². The van der Waals surface area contributed by atoms with Crippen LogP contribution in [0.5, 0.6) is 0 Å². The summed E-state index contributed by atoms with van der Waals surface area (Å²) in [6, 6.07) is 23.3. The molecule has 4 heteroatoms. The molecule has 0 unspecified atom stereocenters. The van der Waals surface area contributed by atoms with Gasteiger partial charge >= 0.3 is 0 Å². The third kappa shape index (κ3) is 4.86. The number of hydrogen-bond donors (Lipinski definition) is 1. The van der Waals surface area contributed by atoms with E-state index >= 15 is 0 Å². The molecule has 4 rings (SSSR count). The molecule has 1 saturated heterocycles. The number of carbonyl (C=O) groups excluding carboxylic acids is 1. The minimum Gasteiger partial charge on any atom is -0.359 e. The van der Waals surface area contributed by atoms with Crippen LogP contribution in [-0.4, -0.2) is 42.5 Å². The number of nitrogens with zero attached hydrogens (tertiary/aromatic N) is 2. The zero-order valence-corrected chi connectivity index (χ0v) is 18.4. The van der Waals surface area contributed by atoms with Crippen molar-refractivity contribution in [1.29, 1.82) is 0 Å². The monoisotopic (exact) mass is 413 g/mol. The quantitative estimate of drug-likeness (QED) is 0.619. The third-order valence-corrected chi connectivity index (χ3v) is 6.55. The fourth-order valence-electron chi connectivity index (χ4n) is 4.81. The summed E-state index contributed by atoms with van der Waals surface area (Å²) < 4.78 is 0. The van der Waals surface area contributed by atoms with Crippen LogP contribution in [0.4, 0.5) is 0 Å². The van der Waals surface area contributed by atoms with Crippen LogP contribution in [0.15, 0.2) is 79.1 Å². The SMILES string of the molecule is CNC(=O)[C@]1(Cc2ccc(-c3ccncc3)cc2)CCN(C[C@H](C)c2ccccc2)C1. The molecule has 3 aromatic rings. The molecule has 160 valence electrons. The Morgan fingerprint density at radius 2 is 1.71 bits per heavy atom. The normalized spacial score (nSPS) is 19.8. The van der Waals surface area contributed by atoms with Crippen molar-refractivity contribution in [3.05, 3.63) is 90.3 Å². The Hall–Kier alpha value is -2.98. The standard InChI is InChI=1S/C27H31N3O/c1-21(23-6-4-3-5-7-23)19-30-17-14-27(20-30,26(31)28-2)18-22-8-10-24(11-9-22)25-12-15-29-16-13-25/h3-13,15-16,21H,14,17-20H2,1-2H3,(H,28,31)/t21-,27-/m0/s1. The summed E-state index contributed by atoms with van der Waals surface area (Å²) in [4.78, 5) is 19.5. The summed E-state index contributed by atoms with van der Waals surface area (Å²) in [5.41, 5.74) is 4.52. The Morgan fingerprint density at radius 1 is 1.03 bits per heavy atom. The van der Waals surface area contributed by atoms with Crippen LogP contribution in [0, 0.1) is 5.41 Å². The van der Waals surface area contributed by atoms with E-state index in [0.717, 1.165) is 38.0 Å². The van der Waals surface area contributed by atoms with Crippen molar-refractivity contribution >= 4 is 5.91 Å². The molecule has 2 atom stereocenters. The number of hydrogen-bond acceptors (Lipinski definition) is 3. The van der Waals surface area contributed by atoms with Gasteiger partial charge in [-0.1, -0.05) is 61.5 Å². The van der Waals surface area contributed by atoms with E-state index in [1.165, 1.54) is 16.7 Å². The van der Waals surface area contributed by atoms with E-state index in [1.807, 2.05) is 24.5 Å². The summed E-state index contributed by atoms with van der Waals surface area (Å²) in [7, 11) is 1.76. The Labute approximate surface area is 185 Å². The highest BCUT2D eigenvalue weighted by atomic mass is 16.2. The summed E-state index contributed by atoms with van der Waals surface area (Å²) in [5.74, 6) is 0.599. The van der Waals surface area contributed by atoms with Crippen LogP contribution in [-0.2, 0) is 11.2 Å². The molecule has 2 heterocycles. The molecule has 1 N–H and O–H groups in total. The number of likely N-dealkylation sites (tertiary alicyclic amines) is 1. The average Bonchev–Trinajstić information content (AvgIpc) is 3.23. The predicted molar refractivity (Wildman–Crippen MR) is 126 cm³/mol. The Kier molecular flexibility index (Phi) is 6.47. The number of aromatic nitrogens is 1.